The first-order valence-electron chi connectivity index (χ1n) is 7.91. The van der Waals surface area contributed by atoms with E-state index in [1.54, 1.807) is 43.3 Å². The van der Waals surface area contributed by atoms with Gasteiger partial charge in [-0.05, 0) is 43.3 Å². The fourth-order valence-electron chi connectivity index (χ4n) is 2.45. The maximum atomic E-state index is 12.1. The van der Waals surface area contributed by atoms with E-state index in [0.29, 0.717) is 17.1 Å². The molecular weight excluding hydrogens is 338 g/mol. The Morgan fingerprint density at radius 1 is 1.12 bits per heavy atom. The molecule has 1 aromatic carbocycles. The van der Waals surface area contributed by atoms with E-state index >= 15 is 0 Å². The lowest BCUT2D eigenvalue weighted by atomic mass is 10.2. The highest BCUT2D eigenvalue weighted by molar-refractivity contribution is 6.17. The molecule has 8 nitrogen and oxygen atoms in total. The van der Waals surface area contributed by atoms with Gasteiger partial charge in [0.05, 0.1) is 13.2 Å². The van der Waals surface area contributed by atoms with Crippen molar-refractivity contribution in [2.75, 3.05) is 23.8 Å². The SMILES string of the molecule is Cc1ccc(C(=O)Nc2ccc(NC3=CC(=O)N(CCO)C3=O)cc2)o1. The quantitative estimate of drug-likeness (QED) is 0.677. The largest absolute Gasteiger partial charge is 0.456 e. The number of imide groups is 1. The van der Waals surface area contributed by atoms with Crippen molar-refractivity contribution in [2.24, 2.45) is 0 Å². The number of β-amino-alcohol motifs (C(OH)–C–C–N with tert-alkyl or cyclic N) is 1. The number of aryl methyl sites for hydroxylation is 1. The second-order valence-electron chi connectivity index (χ2n) is 5.64. The van der Waals surface area contributed by atoms with E-state index in [2.05, 4.69) is 10.6 Å². The average molecular weight is 355 g/mol. The summed E-state index contributed by atoms with van der Waals surface area (Å²) in [5, 5.41) is 14.5. The van der Waals surface area contributed by atoms with Crippen molar-refractivity contribution in [3.63, 3.8) is 0 Å². The van der Waals surface area contributed by atoms with Crippen LogP contribution in [0.25, 0.3) is 0 Å². The number of hydrogen-bond acceptors (Lipinski definition) is 6. The van der Waals surface area contributed by atoms with E-state index in [1.807, 2.05) is 0 Å². The summed E-state index contributed by atoms with van der Waals surface area (Å²) >= 11 is 0. The molecule has 1 aliphatic rings. The summed E-state index contributed by atoms with van der Waals surface area (Å²) in [5.74, 6) is -0.459. The van der Waals surface area contributed by atoms with Crippen LogP contribution in [0.4, 0.5) is 11.4 Å². The zero-order valence-corrected chi connectivity index (χ0v) is 14.0. The number of aliphatic hydroxyl groups is 1. The average Bonchev–Trinajstić information content (AvgIpc) is 3.16. The lowest BCUT2D eigenvalue weighted by Crippen LogP contribution is -2.34. The lowest BCUT2D eigenvalue weighted by molar-refractivity contribution is -0.137. The summed E-state index contributed by atoms with van der Waals surface area (Å²) in [7, 11) is 0. The Morgan fingerprint density at radius 3 is 2.42 bits per heavy atom. The van der Waals surface area contributed by atoms with Crippen LogP contribution in [-0.2, 0) is 9.59 Å². The Kier molecular flexibility index (Phi) is 4.85. The third kappa shape index (κ3) is 3.65. The molecule has 3 N–H and O–H groups in total. The first kappa shape index (κ1) is 17.4. The zero-order chi connectivity index (χ0) is 18.7. The number of carbonyl (C=O) groups is 3. The second kappa shape index (κ2) is 7.24. The van der Waals surface area contributed by atoms with Crippen LogP contribution in [0.1, 0.15) is 16.3 Å². The number of anilines is 2. The Labute approximate surface area is 149 Å². The molecule has 0 saturated carbocycles. The summed E-state index contributed by atoms with van der Waals surface area (Å²) in [4.78, 5) is 36.8. The highest BCUT2D eigenvalue weighted by Crippen LogP contribution is 2.19. The van der Waals surface area contributed by atoms with Crippen molar-refractivity contribution in [1.29, 1.82) is 0 Å². The van der Waals surface area contributed by atoms with Gasteiger partial charge in [-0.1, -0.05) is 0 Å². The van der Waals surface area contributed by atoms with Crippen LogP contribution in [0.15, 0.2) is 52.6 Å². The number of furan rings is 1. The maximum absolute atomic E-state index is 12.1. The fourth-order valence-corrected chi connectivity index (χ4v) is 2.45. The molecule has 0 fully saturated rings. The van der Waals surface area contributed by atoms with Crippen LogP contribution in [-0.4, -0.2) is 40.9 Å². The summed E-state index contributed by atoms with van der Waals surface area (Å²) in [6.45, 7) is 1.42. The number of benzene rings is 1. The molecule has 134 valence electrons. The van der Waals surface area contributed by atoms with Crippen LogP contribution in [0.3, 0.4) is 0 Å². The van der Waals surface area contributed by atoms with Crippen molar-refractivity contribution < 1.29 is 23.9 Å². The third-order valence-corrected chi connectivity index (χ3v) is 3.72. The van der Waals surface area contributed by atoms with E-state index in [0.717, 1.165) is 4.90 Å². The second-order valence-corrected chi connectivity index (χ2v) is 5.64. The monoisotopic (exact) mass is 355 g/mol. The Bertz CT molecular complexity index is 882. The number of hydrogen-bond donors (Lipinski definition) is 3. The molecule has 2 aromatic rings. The molecule has 3 amide bonds. The smallest absolute Gasteiger partial charge is 0.291 e. The van der Waals surface area contributed by atoms with Gasteiger partial charge in [0.1, 0.15) is 11.5 Å². The molecule has 8 heteroatoms. The Hall–Kier alpha value is -3.39. The summed E-state index contributed by atoms with van der Waals surface area (Å²) in [5.41, 5.74) is 1.26. The number of aliphatic hydroxyl groups excluding tert-OH is 1. The number of amides is 3. The van der Waals surface area contributed by atoms with Crippen LogP contribution in [0, 0.1) is 6.92 Å². The topological polar surface area (TPSA) is 112 Å². The minimum atomic E-state index is -0.491. The van der Waals surface area contributed by atoms with E-state index in [1.165, 1.54) is 6.08 Å². The van der Waals surface area contributed by atoms with Crippen molar-refractivity contribution in [3.05, 3.63) is 59.7 Å². The molecule has 1 aromatic heterocycles. The molecule has 2 heterocycles. The van der Waals surface area contributed by atoms with Gasteiger partial charge in [-0.15, -0.1) is 0 Å². The molecule has 0 saturated heterocycles. The van der Waals surface area contributed by atoms with Crippen LogP contribution >= 0.6 is 0 Å². The summed E-state index contributed by atoms with van der Waals surface area (Å²) < 4.78 is 5.26. The molecule has 0 aliphatic carbocycles. The fraction of sp³-hybridized carbons (Fsp3) is 0.167. The number of nitrogens with one attached hydrogen (secondary N) is 2. The number of carbonyl (C=O) groups excluding carboxylic acids is 3. The molecule has 0 spiro atoms. The molecule has 3 rings (SSSR count). The van der Waals surface area contributed by atoms with Crippen molar-refractivity contribution in [3.8, 4) is 0 Å². The predicted molar refractivity (Wildman–Crippen MR) is 93.4 cm³/mol. The van der Waals surface area contributed by atoms with Gasteiger partial charge in [-0.25, -0.2) is 0 Å². The van der Waals surface area contributed by atoms with Gasteiger partial charge in [0.25, 0.3) is 17.7 Å². The summed E-state index contributed by atoms with van der Waals surface area (Å²) in [6, 6.07) is 9.93. The third-order valence-electron chi connectivity index (χ3n) is 3.72. The minimum absolute atomic E-state index is 0.0451. The highest BCUT2D eigenvalue weighted by atomic mass is 16.3. The van der Waals surface area contributed by atoms with E-state index < -0.39 is 11.8 Å². The van der Waals surface area contributed by atoms with Crippen LogP contribution in [0.2, 0.25) is 0 Å². The van der Waals surface area contributed by atoms with Gasteiger partial charge in [0, 0.05) is 17.5 Å². The first-order valence-corrected chi connectivity index (χ1v) is 7.91. The first-order chi connectivity index (χ1) is 12.5. The molecule has 0 radical (unpaired) electrons. The van der Waals surface area contributed by atoms with Crippen LogP contribution in [0.5, 0.6) is 0 Å². The maximum Gasteiger partial charge on any atom is 0.291 e. The van der Waals surface area contributed by atoms with Gasteiger partial charge in [0.15, 0.2) is 5.76 Å². The number of rotatable bonds is 6. The molecule has 0 bridgehead atoms. The van der Waals surface area contributed by atoms with E-state index in [4.69, 9.17) is 9.52 Å². The van der Waals surface area contributed by atoms with E-state index in [9.17, 15) is 14.4 Å². The zero-order valence-electron chi connectivity index (χ0n) is 14.0. The van der Waals surface area contributed by atoms with E-state index in [-0.39, 0.29) is 30.5 Å². The number of nitrogens with zero attached hydrogens (tertiary/aromatic N) is 1. The lowest BCUT2D eigenvalue weighted by Gasteiger charge is -2.13. The molecule has 0 atom stereocenters. The van der Waals surface area contributed by atoms with Gasteiger partial charge < -0.3 is 20.2 Å². The molecule has 0 unspecified atom stereocenters. The standard InChI is InChI=1S/C18H17N3O5/c1-11-2-7-15(26-11)17(24)20-13-5-3-12(4-6-13)19-14-10-16(23)21(8-9-22)18(14)25/h2-7,10,19,22H,8-9H2,1H3,(H,20,24). The van der Waals surface area contributed by atoms with Gasteiger partial charge in [-0.2, -0.15) is 0 Å². The van der Waals surface area contributed by atoms with Gasteiger partial charge >= 0.3 is 0 Å². The normalized spacial score (nSPS) is 13.8. The van der Waals surface area contributed by atoms with Crippen molar-refractivity contribution in [1.82, 2.24) is 4.90 Å². The summed E-state index contributed by atoms with van der Waals surface area (Å²) in [6.07, 6.45) is 1.19. The molecule has 1 aliphatic heterocycles. The van der Waals surface area contributed by atoms with Gasteiger partial charge in [0.2, 0.25) is 0 Å². The molecule has 26 heavy (non-hydrogen) atoms. The predicted octanol–water partition coefficient (Wildman–Crippen LogP) is 1.50. The highest BCUT2D eigenvalue weighted by Gasteiger charge is 2.30. The Morgan fingerprint density at radius 2 is 1.81 bits per heavy atom. The van der Waals surface area contributed by atoms with Crippen molar-refractivity contribution >= 4 is 29.1 Å². The van der Waals surface area contributed by atoms with Gasteiger partial charge in [-0.3, -0.25) is 19.3 Å². The van der Waals surface area contributed by atoms with Crippen molar-refractivity contribution in [2.45, 2.75) is 6.92 Å². The Balaban J connectivity index is 1.63. The molecular formula is C18H17N3O5. The minimum Gasteiger partial charge on any atom is -0.456 e. The van der Waals surface area contributed by atoms with Crippen LogP contribution < -0.4 is 10.6 Å².